The molecule has 0 atom stereocenters. The highest BCUT2D eigenvalue weighted by atomic mass is 16.4. The third-order valence-electron chi connectivity index (χ3n) is 1.41. The van der Waals surface area contributed by atoms with E-state index in [0.717, 1.165) is 6.07 Å². The molecular formula is C7H6N2O3. The van der Waals surface area contributed by atoms with Gasteiger partial charge in [-0.25, -0.2) is 0 Å². The van der Waals surface area contributed by atoms with Gasteiger partial charge in [0.25, 0.3) is 0 Å². The quantitative estimate of drug-likeness (QED) is 0.361. The fourth-order valence-corrected chi connectivity index (χ4v) is 0.813. The first-order chi connectivity index (χ1) is 5.70. The van der Waals surface area contributed by atoms with Crippen LogP contribution in [0.1, 0.15) is 0 Å². The maximum atomic E-state index is 11.1. The standard InChI is InChI=1S/C7H6N2O3/c1-8-4-2-3-5(10)6(9-12)7(4)11/h2-3,12H,1H3. The van der Waals surface area contributed by atoms with Gasteiger partial charge < -0.3 is 5.21 Å². The molecule has 0 aromatic heterocycles. The third kappa shape index (κ3) is 1.16. The summed E-state index contributed by atoms with van der Waals surface area (Å²) in [5.74, 6) is 0. The summed E-state index contributed by atoms with van der Waals surface area (Å²) < 4.78 is 0. The van der Waals surface area contributed by atoms with Crippen molar-refractivity contribution in [2.45, 2.75) is 0 Å². The Hall–Kier alpha value is -1.78. The first-order valence-corrected chi connectivity index (χ1v) is 3.16. The molecule has 5 nitrogen and oxygen atoms in total. The van der Waals surface area contributed by atoms with Crippen molar-refractivity contribution in [3.63, 3.8) is 0 Å². The monoisotopic (exact) mass is 166 g/mol. The van der Waals surface area contributed by atoms with Crippen molar-refractivity contribution in [3.8, 4) is 0 Å². The maximum Gasteiger partial charge on any atom is 0.236 e. The van der Waals surface area contributed by atoms with Crippen molar-refractivity contribution in [1.82, 2.24) is 0 Å². The molecule has 0 aliphatic heterocycles. The van der Waals surface area contributed by atoms with Crippen molar-refractivity contribution in [2.24, 2.45) is 10.1 Å². The minimum Gasteiger partial charge on any atom is -0.410 e. The second-order valence-electron chi connectivity index (χ2n) is 2.08. The van der Waals surface area contributed by atoms with Gasteiger partial charge in [-0.15, -0.1) is 0 Å². The summed E-state index contributed by atoms with van der Waals surface area (Å²) in [5.41, 5.74) is -1.25. The Kier molecular flexibility index (Phi) is 2.14. The summed E-state index contributed by atoms with van der Waals surface area (Å²) in [4.78, 5) is 25.5. The second-order valence-corrected chi connectivity index (χ2v) is 2.08. The molecule has 1 aromatic carbocycles. The molecular weight excluding hydrogens is 160 g/mol. The van der Waals surface area contributed by atoms with Gasteiger partial charge in [-0.1, -0.05) is 5.16 Å². The van der Waals surface area contributed by atoms with Crippen LogP contribution < -0.4 is 21.6 Å². The van der Waals surface area contributed by atoms with Gasteiger partial charge >= 0.3 is 0 Å². The lowest BCUT2D eigenvalue weighted by Crippen LogP contribution is -2.47. The predicted molar refractivity (Wildman–Crippen MR) is 40.2 cm³/mol. The van der Waals surface area contributed by atoms with Crippen LogP contribution in [-0.4, -0.2) is 12.3 Å². The summed E-state index contributed by atoms with van der Waals surface area (Å²) in [6.45, 7) is 0. The van der Waals surface area contributed by atoms with Gasteiger partial charge in [0, 0.05) is 7.05 Å². The lowest BCUT2D eigenvalue weighted by molar-refractivity contribution is 0.300. The Labute approximate surface area is 66.7 Å². The number of benzene rings is 1. The topological polar surface area (TPSA) is 79.1 Å². The average molecular weight is 166 g/mol. The lowest BCUT2D eigenvalue weighted by Gasteiger charge is -1.80. The molecule has 0 amide bonds. The molecule has 0 saturated carbocycles. The Bertz CT molecular complexity index is 495. The maximum absolute atomic E-state index is 11.1. The average Bonchev–Trinajstić information content (AvgIpc) is 2.06. The Morgan fingerprint density at radius 2 is 2.00 bits per heavy atom. The molecule has 0 saturated heterocycles. The highest BCUT2D eigenvalue weighted by Crippen LogP contribution is 1.54. The largest absolute Gasteiger partial charge is 0.410 e. The summed E-state index contributed by atoms with van der Waals surface area (Å²) in [7, 11) is 1.42. The second kappa shape index (κ2) is 3.08. The van der Waals surface area contributed by atoms with E-state index in [0.29, 0.717) is 0 Å². The molecule has 5 heteroatoms. The van der Waals surface area contributed by atoms with Crippen LogP contribution >= 0.6 is 0 Å². The van der Waals surface area contributed by atoms with E-state index in [1.807, 2.05) is 0 Å². The van der Waals surface area contributed by atoms with Crippen molar-refractivity contribution >= 4 is 0 Å². The van der Waals surface area contributed by atoms with E-state index >= 15 is 0 Å². The molecule has 0 fully saturated rings. The molecule has 0 aliphatic carbocycles. The summed E-state index contributed by atoms with van der Waals surface area (Å²) >= 11 is 0. The van der Waals surface area contributed by atoms with E-state index in [1.165, 1.54) is 13.1 Å². The minimum absolute atomic E-state index is 0.113. The van der Waals surface area contributed by atoms with E-state index in [9.17, 15) is 9.59 Å². The number of hydrogen-bond acceptors (Lipinski definition) is 5. The summed E-state index contributed by atoms with van der Waals surface area (Å²) in [6, 6.07) is 2.43. The van der Waals surface area contributed by atoms with Crippen LogP contribution in [-0.2, 0) is 0 Å². The van der Waals surface area contributed by atoms with Gasteiger partial charge in [0.15, 0.2) is 5.36 Å². The Morgan fingerprint density at radius 3 is 2.50 bits per heavy atom. The molecule has 0 bridgehead atoms. The van der Waals surface area contributed by atoms with Gasteiger partial charge in [0.05, 0.1) is 0 Å². The minimum atomic E-state index is -0.646. The van der Waals surface area contributed by atoms with Crippen molar-refractivity contribution in [3.05, 3.63) is 43.3 Å². The van der Waals surface area contributed by atoms with Crippen LogP contribution in [0.3, 0.4) is 0 Å². The summed E-state index contributed by atoms with van der Waals surface area (Å²) in [5, 5.41) is 10.5. The van der Waals surface area contributed by atoms with Crippen molar-refractivity contribution < 1.29 is 5.21 Å². The van der Waals surface area contributed by atoms with Crippen LogP contribution in [0.25, 0.3) is 0 Å². The molecule has 0 spiro atoms. The van der Waals surface area contributed by atoms with Gasteiger partial charge in [0.2, 0.25) is 10.9 Å². The van der Waals surface area contributed by atoms with E-state index in [2.05, 4.69) is 10.1 Å². The molecule has 1 aromatic rings. The molecule has 0 aliphatic rings. The van der Waals surface area contributed by atoms with Crippen LogP contribution in [0, 0.1) is 0 Å². The Balaban J connectivity index is 3.96. The number of rotatable bonds is 0. The van der Waals surface area contributed by atoms with Gasteiger partial charge in [0.1, 0.15) is 5.36 Å². The normalized spacial score (nSPS) is 13.8. The molecule has 0 radical (unpaired) electrons. The van der Waals surface area contributed by atoms with Crippen molar-refractivity contribution in [1.29, 1.82) is 0 Å². The predicted octanol–water partition coefficient (Wildman–Crippen LogP) is -1.90. The lowest BCUT2D eigenvalue weighted by atomic mass is 10.3. The Morgan fingerprint density at radius 1 is 1.33 bits per heavy atom. The van der Waals surface area contributed by atoms with Crippen molar-refractivity contribution in [2.75, 3.05) is 7.05 Å². The van der Waals surface area contributed by atoms with Crippen LogP contribution in [0.5, 0.6) is 0 Å². The fourth-order valence-electron chi connectivity index (χ4n) is 0.813. The molecule has 0 unspecified atom stereocenters. The number of hydrogen-bond donors (Lipinski definition) is 1. The van der Waals surface area contributed by atoms with Gasteiger partial charge in [-0.3, -0.25) is 14.6 Å². The summed E-state index contributed by atoms with van der Waals surface area (Å²) in [6.07, 6.45) is 0. The van der Waals surface area contributed by atoms with E-state index in [1.54, 1.807) is 0 Å². The van der Waals surface area contributed by atoms with Gasteiger partial charge in [-0.05, 0) is 12.1 Å². The van der Waals surface area contributed by atoms with Gasteiger partial charge in [-0.2, -0.15) is 0 Å². The molecule has 0 heterocycles. The zero-order valence-corrected chi connectivity index (χ0v) is 6.31. The van der Waals surface area contributed by atoms with E-state index in [-0.39, 0.29) is 5.36 Å². The third-order valence-corrected chi connectivity index (χ3v) is 1.41. The zero-order chi connectivity index (χ0) is 9.14. The molecule has 12 heavy (non-hydrogen) atoms. The van der Waals surface area contributed by atoms with E-state index < -0.39 is 16.2 Å². The van der Waals surface area contributed by atoms with Crippen LogP contribution in [0.2, 0.25) is 0 Å². The first-order valence-electron chi connectivity index (χ1n) is 3.16. The highest BCUT2D eigenvalue weighted by Gasteiger charge is 1.98. The first kappa shape index (κ1) is 8.32. The number of nitrogens with zero attached hydrogens (tertiary/aromatic N) is 2. The smallest absolute Gasteiger partial charge is 0.236 e. The van der Waals surface area contributed by atoms with E-state index in [4.69, 9.17) is 5.21 Å². The molecule has 1 rings (SSSR count). The van der Waals surface area contributed by atoms with Crippen LogP contribution in [0.4, 0.5) is 0 Å². The highest BCUT2D eigenvalue weighted by molar-refractivity contribution is 5.01. The SMILES string of the molecule is CN=c1ccc(=O)c(=NO)c1=O. The van der Waals surface area contributed by atoms with Crippen LogP contribution in [0.15, 0.2) is 31.9 Å². The molecule has 1 N–H and O–H groups in total. The zero-order valence-electron chi connectivity index (χ0n) is 6.31. The fraction of sp³-hybridized carbons (Fsp3) is 0.143. The molecule has 62 valence electrons.